The molecule has 2 aromatic carbocycles. The third-order valence-corrected chi connectivity index (χ3v) is 8.81. The molecule has 0 bridgehead atoms. The van der Waals surface area contributed by atoms with Gasteiger partial charge in [-0.15, -0.1) is 0 Å². The lowest BCUT2D eigenvalue weighted by Crippen LogP contribution is -2.58. The molecular formula is C27H29ClFN7O5S. The topological polar surface area (TPSA) is 173 Å². The molecule has 1 aliphatic rings. The molecule has 0 saturated carbocycles. The highest BCUT2D eigenvalue weighted by atomic mass is 35.5. The van der Waals surface area contributed by atoms with Gasteiger partial charge in [0.1, 0.15) is 22.7 Å². The van der Waals surface area contributed by atoms with Gasteiger partial charge in [0.25, 0.3) is 5.91 Å². The Hall–Kier alpha value is -4.13. The van der Waals surface area contributed by atoms with Crippen LogP contribution >= 0.6 is 11.6 Å². The van der Waals surface area contributed by atoms with E-state index in [0.717, 1.165) is 11.6 Å². The maximum atomic E-state index is 14.0. The number of carbonyl (C=O) groups excluding carboxylic acids is 2. The number of benzene rings is 2. The monoisotopic (exact) mass is 617 g/mol. The molecule has 0 spiro atoms. The van der Waals surface area contributed by atoms with Crippen LogP contribution in [0.5, 0.6) is 0 Å². The van der Waals surface area contributed by atoms with Crippen molar-refractivity contribution in [2.24, 2.45) is 10.8 Å². The zero-order valence-corrected chi connectivity index (χ0v) is 24.9. The lowest BCUT2D eigenvalue weighted by molar-refractivity contribution is 0.00831. The van der Waals surface area contributed by atoms with Gasteiger partial charge in [0.05, 0.1) is 46.6 Å². The van der Waals surface area contributed by atoms with E-state index in [4.69, 9.17) is 22.1 Å². The second-order valence-corrected chi connectivity index (χ2v) is 13.5. The molecule has 2 heterocycles. The molecule has 0 fully saturated rings. The summed E-state index contributed by atoms with van der Waals surface area (Å²) in [4.78, 5) is 30.3. The van der Waals surface area contributed by atoms with Crippen LogP contribution in [0.25, 0.3) is 21.7 Å². The van der Waals surface area contributed by atoms with Crippen LogP contribution in [-0.2, 0) is 26.7 Å². The molecule has 1 aromatic heterocycles. The van der Waals surface area contributed by atoms with Gasteiger partial charge < -0.3 is 10.5 Å². The van der Waals surface area contributed by atoms with E-state index >= 15 is 0 Å². The smallest absolute Gasteiger partial charge is 0.410 e. The number of aryl methyl sites for hydroxylation is 1. The number of nitrogens with two attached hydrogens (primary N) is 1. The highest BCUT2D eigenvalue weighted by Gasteiger charge is 2.48. The number of aromatic nitrogens is 2. The fourth-order valence-corrected chi connectivity index (χ4v) is 6.74. The van der Waals surface area contributed by atoms with Crippen molar-refractivity contribution in [3.05, 3.63) is 80.6 Å². The van der Waals surface area contributed by atoms with E-state index in [1.54, 1.807) is 32.9 Å². The minimum Gasteiger partial charge on any atom is -0.444 e. The molecule has 42 heavy (non-hydrogen) atoms. The first kappa shape index (κ1) is 30.8. The summed E-state index contributed by atoms with van der Waals surface area (Å²) in [6.45, 7) is 5.80. The Morgan fingerprint density at radius 3 is 2.48 bits per heavy atom. The molecule has 12 nitrogen and oxygen atoms in total. The summed E-state index contributed by atoms with van der Waals surface area (Å²) in [5.74, 6) is -2.31. The van der Waals surface area contributed by atoms with Gasteiger partial charge in [0, 0.05) is 10.5 Å². The van der Waals surface area contributed by atoms with Crippen molar-refractivity contribution in [3.8, 4) is 11.3 Å². The number of nitrogens with zero attached hydrogens (tertiary/aromatic N) is 6. The molecular weight excluding hydrogens is 589 g/mol. The summed E-state index contributed by atoms with van der Waals surface area (Å²) in [5.41, 5.74) is 13.5. The first-order valence-electron chi connectivity index (χ1n) is 12.7. The molecule has 1 atom stereocenters. The van der Waals surface area contributed by atoms with Gasteiger partial charge in [-0.25, -0.2) is 17.6 Å². The summed E-state index contributed by atoms with van der Waals surface area (Å²) in [7, 11) is -4.10. The van der Waals surface area contributed by atoms with Crippen molar-refractivity contribution in [3.63, 3.8) is 0 Å². The number of amides is 2. The van der Waals surface area contributed by atoms with Crippen molar-refractivity contribution >= 4 is 33.4 Å². The third-order valence-electron chi connectivity index (χ3n) is 6.61. The number of halogens is 2. The number of azide groups is 1. The SMILES string of the molecule is Cc1ccc(S(=O)(=O)CC2(CN=[N+]=[N-])CN(C(=O)OC(C)(C)C)Cc3c(C(N)=O)c(-c4ccc(F)c(Cl)c4)nn32)cc1. The summed E-state index contributed by atoms with van der Waals surface area (Å²) in [6, 6.07) is 9.86. The first-order chi connectivity index (χ1) is 19.6. The molecule has 2 amide bonds. The van der Waals surface area contributed by atoms with Gasteiger partial charge in [0.2, 0.25) is 0 Å². The average Bonchev–Trinajstić information content (AvgIpc) is 3.29. The summed E-state index contributed by atoms with van der Waals surface area (Å²) < 4.78 is 48.5. The summed E-state index contributed by atoms with van der Waals surface area (Å²) in [5, 5.41) is 8.04. The maximum Gasteiger partial charge on any atom is 0.410 e. The van der Waals surface area contributed by atoms with E-state index in [9.17, 15) is 27.9 Å². The molecule has 2 N–H and O–H groups in total. The average molecular weight is 618 g/mol. The van der Waals surface area contributed by atoms with Gasteiger partial charge in [0.15, 0.2) is 9.84 Å². The van der Waals surface area contributed by atoms with E-state index < -0.39 is 51.1 Å². The van der Waals surface area contributed by atoms with E-state index in [1.807, 2.05) is 6.92 Å². The number of carbonyl (C=O) groups is 2. The maximum absolute atomic E-state index is 14.0. The van der Waals surface area contributed by atoms with E-state index in [-0.39, 0.29) is 45.5 Å². The minimum atomic E-state index is -4.10. The number of rotatable bonds is 7. The van der Waals surface area contributed by atoms with Crippen LogP contribution in [0.3, 0.4) is 0 Å². The second kappa shape index (κ2) is 11.3. The molecule has 1 unspecified atom stereocenters. The largest absolute Gasteiger partial charge is 0.444 e. The zero-order valence-electron chi connectivity index (χ0n) is 23.3. The van der Waals surface area contributed by atoms with Gasteiger partial charge in [-0.1, -0.05) is 34.4 Å². The lowest BCUT2D eigenvalue weighted by Gasteiger charge is -2.43. The van der Waals surface area contributed by atoms with Crippen LogP contribution in [0.1, 0.15) is 42.4 Å². The third kappa shape index (κ3) is 6.20. The lowest BCUT2D eigenvalue weighted by atomic mass is 9.97. The van der Waals surface area contributed by atoms with Crippen molar-refractivity contribution in [1.82, 2.24) is 14.7 Å². The Balaban J connectivity index is 2.00. The Bertz CT molecular complexity index is 1710. The second-order valence-electron chi connectivity index (χ2n) is 11.1. The van der Waals surface area contributed by atoms with Crippen LogP contribution < -0.4 is 5.73 Å². The number of hydrogen-bond acceptors (Lipinski definition) is 7. The van der Waals surface area contributed by atoms with Gasteiger partial charge in [-0.3, -0.25) is 14.4 Å². The minimum absolute atomic E-state index is 0.00262. The van der Waals surface area contributed by atoms with E-state index in [2.05, 4.69) is 15.1 Å². The number of ether oxygens (including phenoxy) is 1. The fourth-order valence-electron chi connectivity index (χ4n) is 4.83. The predicted molar refractivity (Wildman–Crippen MR) is 153 cm³/mol. The van der Waals surface area contributed by atoms with Gasteiger partial charge in [-0.2, -0.15) is 5.10 Å². The van der Waals surface area contributed by atoms with E-state index in [0.29, 0.717) is 0 Å². The Morgan fingerprint density at radius 2 is 1.90 bits per heavy atom. The number of sulfone groups is 1. The molecule has 0 aliphatic carbocycles. The zero-order chi connectivity index (χ0) is 31.0. The van der Waals surface area contributed by atoms with Crippen molar-refractivity contribution < 1.29 is 27.1 Å². The summed E-state index contributed by atoms with van der Waals surface area (Å²) >= 11 is 6.01. The van der Waals surface area contributed by atoms with Gasteiger partial charge in [-0.05, 0) is 63.6 Å². The van der Waals surface area contributed by atoms with Gasteiger partial charge >= 0.3 is 6.09 Å². The van der Waals surface area contributed by atoms with Crippen LogP contribution in [-0.4, -0.2) is 59.5 Å². The van der Waals surface area contributed by atoms with Crippen LogP contribution in [0.15, 0.2) is 52.5 Å². The number of fused-ring (bicyclic) bond motifs is 1. The van der Waals surface area contributed by atoms with Crippen LogP contribution in [0.4, 0.5) is 9.18 Å². The van der Waals surface area contributed by atoms with Crippen molar-refractivity contribution in [1.29, 1.82) is 0 Å². The Kier molecular flexibility index (Phi) is 8.27. The fraction of sp³-hybridized carbons (Fsp3) is 0.370. The normalized spacial score (nSPS) is 16.9. The molecule has 15 heteroatoms. The Morgan fingerprint density at radius 1 is 1.24 bits per heavy atom. The molecule has 4 rings (SSSR count). The molecule has 222 valence electrons. The molecule has 3 aromatic rings. The van der Waals surface area contributed by atoms with Crippen molar-refractivity contribution in [2.45, 2.75) is 50.3 Å². The molecule has 1 aliphatic heterocycles. The van der Waals surface area contributed by atoms with Crippen molar-refractivity contribution in [2.75, 3.05) is 18.8 Å². The summed E-state index contributed by atoms with van der Waals surface area (Å²) in [6.07, 6.45) is -0.796. The number of hydrogen-bond donors (Lipinski definition) is 1. The molecule has 0 radical (unpaired) electrons. The first-order valence-corrected chi connectivity index (χ1v) is 14.8. The standard InChI is InChI=1S/C27H29ClFN7O5S/c1-16-5-8-18(9-6-16)42(39,40)15-27(13-32-34-31)14-35(25(38)41-26(2,3)4)12-21-22(24(30)37)23(33-36(21)27)17-7-10-20(29)19(28)11-17/h5-11H,12-15H2,1-4H3,(H2,30,37). The van der Waals surface area contributed by atoms with Crippen LogP contribution in [0, 0.1) is 12.7 Å². The predicted octanol–water partition coefficient (Wildman–Crippen LogP) is 4.98. The quantitative estimate of drug-likeness (QED) is 0.222. The Labute approximate surface area is 246 Å². The highest BCUT2D eigenvalue weighted by molar-refractivity contribution is 7.91. The van der Waals surface area contributed by atoms with Crippen LogP contribution in [0.2, 0.25) is 5.02 Å². The number of primary amides is 1. The molecule has 0 saturated heterocycles. The highest BCUT2D eigenvalue weighted by Crippen LogP contribution is 2.38. The van der Waals surface area contributed by atoms with E-state index in [1.165, 1.54) is 33.8 Å².